The average molecular weight is 297 g/mol. The molecular weight excluding hydrogens is 276 g/mol. The van der Waals surface area contributed by atoms with Crippen LogP contribution in [-0.4, -0.2) is 42.6 Å². The molecule has 0 radical (unpaired) electrons. The molecule has 0 aliphatic carbocycles. The van der Waals surface area contributed by atoms with E-state index in [2.05, 4.69) is 0 Å². The van der Waals surface area contributed by atoms with E-state index in [0.29, 0.717) is 11.6 Å². The van der Waals surface area contributed by atoms with E-state index in [4.69, 9.17) is 11.6 Å². The van der Waals surface area contributed by atoms with Crippen molar-refractivity contribution in [2.24, 2.45) is 0 Å². The van der Waals surface area contributed by atoms with Crippen LogP contribution in [0.2, 0.25) is 5.02 Å². The smallest absolute Gasteiger partial charge is 0.242 e. The number of nitrogens with zero attached hydrogens (tertiary/aromatic N) is 2. The number of likely N-dealkylation sites (tertiary alicyclic amines) is 1. The Morgan fingerprint density at radius 3 is 2.65 bits per heavy atom. The number of benzene rings is 1. The van der Waals surface area contributed by atoms with Gasteiger partial charge < -0.3 is 14.9 Å². The topological polar surface area (TPSA) is 43.8 Å². The van der Waals surface area contributed by atoms with Crippen LogP contribution in [-0.2, 0) is 4.79 Å². The van der Waals surface area contributed by atoms with Crippen molar-refractivity contribution in [3.8, 4) is 0 Å². The zero-order valence-electron chi connectivity index (χ0n) is 12.0. The number of anilines is 1. The maximum absolute atomic E-state index is 12.1. The molecule has 1 aliphatic rings. The summed E-state index contributed by atoms with van der Waals surface area (Å²) in [5, 5.41) is 10.1. The van der Waals surface area contributed by atoms with Crippen molar-refractivity contribution in [3.05, 3.63) is 28.8 Å². The molecule has 1 heterocycles. The number of carbonyl (C=O) groups excluding carboxylic acids is 1. The first-order valence-corrected chi connectivity index (χ1v) is 7.33. The molecule has 1 atom stereocenters. The third kappa shape index (κ3) is 3.44. The van der Waals surface area contributed by atoms with Gasteiger partial charge in [0.2, 0.25) is 5.91 Å². The van der Waals surface area contributed by atoms with E-state index in [1.165, 1.54) is 0 Å². The molecule has 4 nitrogen and oxygen atoms in total. The Labute approximate surface area is 124 Å². The lowest BCUT2D eigenvalue weighted by molar-refractivity contribution is -0.128. The van der Waals surface area contributed by atoms with Crippen LogP contribution >= 0.6 is 11.6 Å². The predicted octanol–water partition coefficient (Wildman–Crippen LogP) is 2.45. The summed E-state index contributed by atoms with van der Waals surface area (Å²) < 4.78 is 0. The molecule has 1 aromatic rings. The van der Waals surface area contributed by atoms with Crippen molar-refractivity contribution in [3.63, 3.8) is 0 Å². The largest absolute Gasteiger partial charge is 0.389 e. The van der Waals surface area contributed by atoms with E-state index < -0.39 is 6.10 Å². The number of hydrogen-bond acceptors (Lipinski definition) is 3. The molecule has 1 amide bonds. The molecule has 0 unspecified atom stereocenters. The SMILES string of the molecule is C[C@@H](O)c1ccc(N(C)CC(=O)N2CCCC2)c(Cl)c1. The molecule has 1 aromatic carbocycles. The molecule has 2 rings (SSSR count). The molecule has 0 saturated carbocycles. The fourth-order valence-electron chi connectivity index (χ4n) is 2.45. The van der Waals surface area contributed by atoms with Crippen LogP contribution in [0.1, 0.15) is 31.4 Å². The Bertz CT molecular complexity index is 485. The van der Waals surface area contributed by atoms with E-state index in [0.717, 1.165) is 37.2 Å². The first-order valence-electron chi connectivity index (χ1n) is 6.95. The third-order valence-corrected chi connectivity index (χ3v) is 4.00. The van der Waals surface area contributed by atoms with Gasteiger partial charge in [0, 0.05) is 20.1 Å². The van der Waals surface area contributed by atoms with Gasteiger partial charge in [-0.3, -0.25) is 4.79 Å². The molecule has 1 aliphatic heterocycles. The molecule has 1 saturated heterocycles. The summed E-state index contributed by atoms with van der Waals surface area (Å²) in [6.07, 6.45) is 1.65. The van der Waals surface area contributed by atoms with Crippen molar-refractivity contribution in [2.45, 2.75) is 25.9 Å². The number of rotatable bonds is 4. The summed E-state index contributed by atoms with van der Waals surface area (Å²) in [5.74, 6) is 0.140. The number of amides is 1. The highest BCUT2D eigenvalue weighted by molar-refractivity contribution is 6.33. The molecule has 0 aromatic heterocycles. The minimum Gasteiger partial charge on any atom is -0.389 e. The van der Waals surface area contributed by atoms with Crippen molar-refractivity contribution >= 4 is 23.2 Å². The monoisotopic (exact) mass is 296 g/mol. The van der Waals surface area contributed by atoms with Gasteiger partial charge in [-0.05, 0) is 37.5 Å². The highest BCUT2D eigenvalue weighted by atomic mass is 35.5. The van der Waals surface area contributed by atoms with Crippen LogP contribution in [0.4, 0.5) is 5.69 Å². The van der Waals surface area contributed by atoms with E-state index in [9.17, 15) is 9.90 Å². The predicted molar refractivity (Wildman–Crippen MR) is 81.2 cm³/mol. The zero-order valence-corrected chi connectivity index (χ0v) is 12.7. The highest BCUT2D eigenvalue weighted by Crippen LogP contribution is 2.28. The molecule has 5 heteroatoms. The van der Waals surface area contributed by atoms with Gasteiger partial charge in [0.1, 0.15) is 0 Å². The van der Waals surface area contributed by atoms with Crippen molar-refractivity contribution in [2.75, 3.05) is 31.6 Å². The van der Waals surface area contributed by atoms with Crippen LogP contribution in [0.15, 0.2) is 18.2 Å². The van der Waals surface area contributed by atoms with Crippen LogP contribution in [0.3, 0.4) is 0 Å². The van der Waals surface area contributed by atoms with E-state index >= 15 is 0 Å². The van der Waals surface area contributed by atoms with E-state index in [-0.39, 0.29) is 5.91 Å². The second-order valence-electron chi connectivity index (χ2n) is 5.33. The zero-order chi connectivity index (χ0) is 14.7. The summed E-state index contributed by atoms with van der Waals surface area (Å²) >= 11 is 6.23. The maximum Gasteiger partial charge on any atom is 0.242 e. The van der Waals surface area contributed by atoms with Crippen LogP contribution in [0.25, 0.3) is 0 Å². The molecule has 110 valence electrons. The Morgan fingerprint density at radius 2 is 2.10 bits per heavy atom. The number of halogens is 1. The first-order chi connectivity index (χ1) is 9.49. The van der Waals surface area contributed by atoms with Crippen LogP contribution in [0, 0.1) is 0 Å². The molecule has 1 N–H and O–H groups in total. The molecule has 0 spiro atoms. The number of hydrogen-bond donors (Lipinski definition) is 1. The molecular formula is C15H21ClN2O2. The van der Waals surface area contributed by atoms with Crippen molar-refractivity contribution in [1.29, 1.82) is 0 Å². The highest BCUT2D eigenvalue weighted by Gasteiger charge is 2.20. The van der Waals surface area contributed by atoms with Gasteiger partial charge in [-0.1, -0.05) is 17.7 Å². The fraction of sp³-hybridized carbons (Fsp3) is 0.533. The van der Waals surface area contributed by atoms with Gasteiger partial charge in [0.25, 0.3) is 0 Å². The number of aliphatic hydroxyl groups excluding tert-OH is 1. The number of aliphatic hydroxyl groups is 1. The Morgan fingerprint density at radius 1 is 1.45 bits per heavy atom. The van der Waals surface area contributed by atoms with Crippen LogP contribution < -0.4 is 4.90 Å². The Kier molecular flexibility index (Phi) is 4.89. The summed E-state index contributed by atoms with van der Waals surface area (Å²) in [6.45, 7) is 3.75. The van der Waals surface area contributed by atoms with Gasteiger partial charge in [0.15, 0.2) is 0 Å². The lowest BCUT2D eigenvalue weighted by atomic mass is 10.1. The second kappa shape index (κ2) is 6.46. The standard InChI is InChI=1S/C15H21ClN2O2/c1-11(19)12-5-6-14(13(16)9-12)17(2)10-15(20)18-7-3-4-8-18/h5-6,9,11,19H,3-4,7-8,10H2,1-2H3/t11-/m1/s1. The van der Waals surface area contributed by atoms with Crippen molar-refractivity contribution < 1.29 is 9.90 Å². The van der Waals surface area contributed by atoms with Gasteiger partial charge in [-0.2, -0.15) is 0 Å². The number of carbonyl (C=O) groups is 1. The van der Waals surface area contributed by atoms with Gasteiger partial charge in [-0.25, -0.2) is 0 Å². The fourth-order valence-corrected chi connectivity index (χ4v) is 2.78. The summed E-state index contributed by atoms with van der Waals surface area (Å²) in [6, 6.07) is 5.43. The maximum atomic E-state index is 12.1. The lowest BCUT2D eigenvalue weighted by Crippen LogP contribution is -2.37. The van der Waals surface area contributed by atoms with E-state index in [1.807, 2.05) is 29.0 Å². The second-order valence-corrected chi connectivity index (χ2v) is 5.74. The normalized spacial score (nSPS) is 16.3. The van der Waals surface area contributed by atoms with Gasteiger partial charge in [0.05, 0.1) is 23.4 Å². The van der Waals surface area contributed by atoms with Crippen molar-refractivity contribution in [1.82, 2.24) is 4.90 Å². The summed E-state index contributed by atoms with van der Waals surface area (Å²) in [5.41, 5.74) is 1.58. The Hall–Kier alpha value is -1.26. The van der Waals surface area contributed by atoms with Gasteiger partial charge in [-0.15, -0.1) is 0 Å². The van der Waals surface area contributed by atoms with Gasteiger partial charge >= 0.3 is 0 Å². The molecule has 0 bridgehead atoms. The third-order valence-electron chi connectivity index (χ3n) is 3.70. The molecule has 1 fully saturated rings. The summed E-state index contributed by atoms with van der Waals surface area (Å²) in [7, 11) is 1.86. The Balaban J connectivity index is 2.05. The average Bonchev–Trinajstić information content (AvgIpc) is 2.92. The quantitative estimate of drug-likeness (QED) is 0.928. The minimum absolute atomic E-state index is 0.140. The first kappa shape index (κ1) is 15.1. The van der Waals surface area contributed by atoms with E-state index in [1.54, 1.807) is 13.0 Å². The minimum atomic E-state index is -0.543. The number of likely N-dealkylation sites (N-methyl/N-ethyl adjacent to an activating group) is 1. The lowest BCUT2D eigenvalue weighted by Gasteiger charge is -2.24. The summed E-state index contributed by atoms with van der Waals surface area (Å²) in [4.78, 5) is 15.9. The molecule has 20 heavy (non-hydrogen) atoms. The van der Waals surface area contributed by atoms with Crippen LogP contribution in [0.5, 0.6) is 0 Å².